The Bertz CT molecular complexity index is 222. The van der Waals surface area contributed by atoms with Gasteiger partial charge in [-0.05, 0) is 23.5 Å². The second-order valence-electron chi connectivity index (χ2n) is 1.96. The molecule has 1 aromatic rings. The Morgan fingerprint density at radius 3 is 2.78 bits per heavy atom. The fourth-order valence-electron chi connectivity index (χ4n) is 0.544. The Hall–Kier alpha value is -0.630. The van der Waals surface area contributed by atoms with Crippen LogP contribution in [0.2, 0.25) is 5.15 Å². The predicted octanol–water partition coefficient (Wildman–Crippen LogP) is 0.868. The minimum atomic E-state index is 0.547. The summed E-state index contributed by atoms with van der Waals surface area (Å²) in [6, 6.07) is 1.82. The summed E-state index contributed by atoms with van der Waals surface area (Å²) in [4.78, 5) is 3.87. The standard InChI is InChI=1S/C6H8ClN2/c1-5-3-6(7)8-4-9(5)2/h3-4H,1-2H3/q+1. The van der Waals surface area contributed by atoms with Crippen LogP contribution in [0.15, 0.2) is 12.4 Å². The predicted molar refractivity (Wildman–Crippen MR) is 35.2 cm³/mol. The number of hydrogen-bond donors (Lipinski definition) is 0. The van der Waals surface area contributed by atoms with Crippen molar-refractivity contribution in [2.75, 3.05) is 0 Å². The molecule has 0 aliphatic carbocycles. The van der Waals surface area contributed by atoms with Crippen LogP contribution in [0, 0.1) is 6.92 Å². The molecular formula is C6H8ClN2+. The third kappa shape index (κ3) is 1.39. The molecule has 1 aromatic heterocycles. The van der Waals surface area contributed by atoms with E-state index in [1.807, 2.05) is 24.6 Å². The van der Waals surface area contributed by atoms with E-state index in [-0.39, 0.29) is 0 Å². The molecule has 0 saturated heterocycles. The summed E-state index contributed by atoms with van der Waals surface area (Å²) in [6.07, 6.45) is 1.69. The molecule has 0 bridgehead atoms. The van der Waals surface area contributed by atoms with E-state index < -0.39 is 0 Å². The van der Waals surface area contributed by atoms with Gasteiger partial charge < -0.3 is 0 Å². The van der Waals surface area contributed by atoms with Gasteiger partial charge in [-0.25, -0.2) is 4.57 Å². The van der Waals surface area contributed by atoms with Gasteiger partial charge >= 0.3 is 0 Å². The molecule has 0 fully saturated rings. The third-order valence-corrected chi connectivity index (χ3v) is 1.45. The van der Waals surface area contributed by atoms with Crippen LogP contribution < -0.4 is 4.57 Å². The van der Waals surface area contributed by atoms with Gasteiger partial charge in [0, 0.05) is 6.07 Å². The normalized spacial score (nSPS) is 9.67. The average molecular weight is 144 g/mol. The monoisotopic (exact) mass is 143 g/mol. The third-order valence-electron chi connectivity index (χ3n) is 1.24. The van der Waals surface area contributed by atoms with Crippen LogP contribution in [-0.2, 0) is 7.05 Å². The molecule has 1 heterocycles. The molecule has 0 unspecified atom stereocenters. The zero-order chi connectivity index (χ0) is 6.85. The van der Waals surface area contributed by atoms with E-state index in [1.54, 1.807) is 6.33 Å². The van der Waals surface area contributed by atoms with E-state index in [4.69, 9.17) is 11.6 Å². The molecule has 0 amide bonds. The molecule has 0 N–H and O–H groups in total. The topological polar surface area (TPSA) is 16.8 Å². The summed E-state index contributed by atoms with van der Waals surface area (Å²) in [5.74, 6) is 0. The Kier molecular flexibility index (Phi) is 1.67. The van der Waals surface area contributed by atoms with Crippen LogP contribution in [0.3, 0.4) is 0 Å². The van der Waals surface area contributed by atoms with Gasteiger partial charge in [0.2, 0.25) is 5.15 Å². The lowest BCUT2D eigenvalue weighted by molar-refractivity contribution is -0.680. The van der Waals surface area contributed by atoms with Gasteiger partial charge in [-0.3, -0.25) is 0 Å². The Morgan fingerprint density at radius 2 is 2.33 bits per heavy atom. The molecule has 0 saturated carbocycles. The van der Waals surface area contributed by atoms with Gasteiger partial charge in [-0.15, -0.1) is 0 Å². The second-order valence-corrected chi connectivity index (χ2v) is 2.35. The molecule has 2 nitrogen and oxygen atoms in total. The summed E-state index contributed by atoms with van der Waals surface area (Å²) >= 11 is 5.59. The largest absolute Gasteiger partial charge is 0.287 e. The van der Waals surface area contributed by atoms with Crippen LogP contribution in [0.5, 0.6) is 0 Å². The van der Waals surface area contributed by atoms with Crippen molar-refractivity contribution in [1.29, 1.82) is 0 Å². The zero-order valence-electron chi connectivity index (χ0n) is 5.43. The average Bonchev–Trinajstić information content (AvgIpc) is 1.80. The lowest BCUT2D eigenvalue weighted by Gasteiger charge is -1.90. The SMILES string of the molecule is Cc1cc(Cl)nc[n+]1C. The van der Waals surface area contributed by atoms with Crippen molar-refractivity contribution in [2.45, 2.75) is 6.92 Å². The maximum atomic E-state index is 5.59. The minimum absolute atomic E-state index is 0.547. The second kappa shape index (κ2) is 2.31. The van der Waals surface area contributed by atoms with E-state index in [1.165, 1.54) is 0 Å². The molecular weight excluding hydrogens is 136 g/mol. The summed E-state index contributed by atoms with van der Waals surface area (Å²) in [6.45, 7) is 1.98. The highest BCUT2D eigenvalue weighted by Gasteiger charge is 1.99. The fraction of sp³-hybridized carbons (Fsp3) is 0.333. The number of aryl methyl sites for hydroxylation is 2. The first-order chi connectivity index (χ1) is 4.20. The van der Waals surface area contributed by atoms with Crippen molar-refractivity contribution in [3.05, 3.63) is 23.2 Å². The highest BCUT2D eigenvalue weighted by atomic mass is 35.5. The summed E-state index contributed by atoms with van der Waals surface area (Å²) in [5, 5.41) is 0.547. The number of nitrogens with zero attached hydrogens (tertiary/aromatic N) is 2. The van der Waals surface area contributed by atoms with Crippen LogP contribution >= 0.6 is 11.6 Å². The van der Waals surface area contributed by atoms with Crippen molar-refractivity contribution in [2.24, 2.45) is 7.05 Å². The first kappa shape index (κ1) is 6.49. The number of hydrogen-bond acceptors (Lipinski definition) is 1. The van der Waals surface area contributed by atoms with Crippen LogP contribution in [0.1, 0.15) is 5.69 Å². The molecule has 0 aliphatic rings. The zero-order valence-corrected chi connectivity index (χ0v) is 6.18. The molecule has 0 spiro atoms. The van der Waals surface area contributed by atoms with Crippen molar-refractivity contribution < 1.29 is 4.57 Å². The van der Waals surface area contributed by atoms with Gasteiger partial charge in [0.15, 0.2) is 0 Å². The first-order valence-corrected chi connectivity index (χ1v) is 3.06. The molecule has 1 rings (SSSR count). The van der Waals surface area contributed by atoms with E-state index in [0.29, 0.717) is 5.15 Å². The van der Waals surface area contributed by atoms with Gasteiger partial charge in [-0.1, -0.05) is 0 Å². The van der Waals surface area contributed by atoms with E-state index >= 15 is 0 Å². The number of halogens is 1. The fourth-order valence-corrected chi connectivity index (χ4v) is 0.746. The molecule has 0 radical (unpaired) electrons. The molecule has 48 valence electrons. The van der Waals surface area contributed by atoms with Gasteiger partial charge in [0.1, 0.15) is 5.69 Å². The maximum Gasteiger partial charge on any atom is 0.287 e. The first-order valence-electron chi connectivity index (χ1n) is 2.68. The van der Waals surface area contributed by atoms with Crippen molar-refractivity contribution in [3.8, 4) is 0 Å². The molecule has 3 heteroatoms. The summed E-state index contributed by atoms with van der Waals surface area (Å²) in [7, 11) is 1.93. The van der Waals surface area contributed by atoms with Crippen molar-refractivity contribution in [1.82, 2.24) is 4.98 Å². The highest BCUT2D eigenvalue weighted by Crippen LogP contribution is 2.00. The van der Waals surface area contributed by atoms with Gasteiger partial charge in [0.25, 0.3) is 6.33 Å². The van der Waals surface area contributed by atoms with Crippen LogP contribution in [0.25, 0.3) is 0 Å². The minimum Gasteiger partial charge on any atom is -0.237 e. The Morgan fingerprint density at radius 1 is 1.67 bits per heavy atom. The highest BCUT2D eigenvalue weighted by molar-refractivity contribution is 6.29. The van der Waals surface area contributed by atoms with Crippen molar-refractivity contribution >= 4 is 11.6 Å². The summed E-state index contributed by atoms with van der Waals surface area (Å²) < 4.78 is 1.91. The van der Waals surface area contributed by atoms with Crippen LogP contribution in [0.4, 0.5) is 0 Å². The Balaban J connectivity index is 3.17. The maximum absolute atomic E-state index is 5.59. The number of rotatable bonds is 0. The quantitative estimate of drug-likeness (QED) is 0.389. The van der Waals surface area contributed by atoms with E-state index in [2.05, 4.69) is 4.98 Å². The van der Waals surface area contributed by atoms with E-state index in [0.717, 1.165) is 5.69 Å². The molecule has 0 aliphatic heterocycles. The van der Waals surface area contributed by atoms with Gasteiger partial charge in [-0.2, -0.15) is 0 Å². The molecule has 0 aromatic carbocycles. The number of aromatic nitrogens is 2. The molecule has 0 atom stereocenters. The van der Waals surface area contributed by atoms with Gasteiger partial charge in [0.05, 0.1) is 7.05 Å². The molecule has 9 heavy (non-hydrogen) atoms. The lowest BCUT2D eigenvalue weighted by atomic mass is 10.4. The smallest absolute Gasteiger partial charge is 0.237 e. The Labute approximate surface area is 59.1 Å². The van der Waals surface area contributed by atoms with Crippen LogP contribution in [-0.4, -0.2) is 4.98 Å². The van der Waals surface area contributed by atoms with Crippen molar-refractivity contribution in [3.63, 3.8) is 0 Å². The lowest BCUT2D eigenvalue weighted by Crippen LogP contribution is -2.31. The van der Waals surface area contributed by atoms with E-state index in [9.17, 15) is 0 Å². The summed E-state index contributed by atoms with van der Waals surface area (Å²) in [5.41, 5.74) is 1.11.